The SMILES string of the molecule is O=C(Nc1cccc(Br)c1)c1c[nH]c2ccccc12. The van der Waals surface area contributed by atoms with Gasteiger partial charge in [0.1, 0.15) is 0 Å². The lowest BCUT2D eigenvalue weighted by atomic mass is 10.1. The quantitative estimate of drug-likeness (QED) is 0.732. The van der Waals surface area contributed by atoms with Crippen LogP contribution in [0.5, 0.6) is 0 Å². The molecule has 1 amide bonds. The predicted octanol–water partition coefficient (Wildman–Crippen LogP) is 4.18. The zero-order chi connectivity index (χ0) is 13.2. The van der Waals surface area contributed by atoms with E-state index in [1.54, 1.807) is 6.20 Å². The Labute approximate surface area is 118 Å². The molecule has 0 aliphatic carbocycles. The largest absolute Gasteiger partial charge is 0.360 e. The Morgan fingerprint density at radius 1 is 1.11 bits per heavy atom. The second-order valence-corrected chi connectivity index (χ2v) is 5.13. The minimum absolute atomic E-state index is 0.115. The van der Waals surface area contributed by atoms with Crippen LogP contribution < -0.4 is 5.32 Å². The molecular formula is C15H11BrN2O. The van der Waals surface area contributed by atoms with E-state index in [-0.39, 0.29) is 5.91 Å². The summed E-state index contributed by atoms with van der Waals surface area (Å²) >= 11 is 3.38. The monoisotopic (exact) mass is 314 g/mol. The van der Waals surface area contributed by atoms with Crippen LogP contribution in [0.4, 0.5) is 5.69 Å². The number of aromatic nitrogens is 1. The number of aromatic amines is 1. The van der Waals surface area contributed by atoms with Crippen LogP contribution in [0, 0.1) is 0 Å². The van der Waals surface area contributed by atoms with Gasteiger partial charge in [0.05, 0.1) is 5.56 Å². The number of hydrogen-bond donors (Lipinski definition) is 2. The topological polar surface area (TPSA) is 44.9 Å². The second-order valence-electron chi connectivity index (χ2n) is 4.21. The lowest BCUT2D eigenvalue weighted by Gasteiger charge is -2.04. The van der Waals surface area contributed by atoms with Gasteiger partial charge in [0.15, 0.2) is 0 Å². The Kier molecular flexibility index (Phi) is 3.09. The molecule has 2 N–H and O–H groups in total. The van der Waals surface area contributed by atoms with Crippen molar-refractivity contribution in [1.29, 1.82) is 0 Å². The van der Waals surface area contributed by atoms with Crippen LogP contribution in [-0.4, -0.2) is 10.9 Å². The normalized spacial score (nSPS) is 10.6. The predicted molar refractivity (Wildman–Crippen MR) is 80.4 cm³/mol. The van der Waals surface area contributed by atoms with Crippen molar-refractivity contribution in [1.82, 2.24) is 4.98 Å². The lowest BCUT2D eigenvalue weighted by Crippen LogP contribution is -2.11. The van der Waals surface area contributed by atoms with Gasteiger partial charge in [0.2, 0.25) is 0 Å². The van der Waals surface area contributed by atoms with E-state index in [0.717, 1.165) is 21.1 Å². The molecular weight excluding hydrogens is 304 g/mol. The number of carbonyl (C=O) groups is 1. The fourth-order valence-electron chi connectivity index (χ4n) is 2.02. The number of carbonyl (C=O) groups excluding carboxylic acids is 1. The van der Waals surface area contributed by atoms with Crippen molar-refractivity contribution in [3.05, 3.63) is 64.8 Å². The highest BCUT2D eigenvalue weighted by molar-refractivity contribution is 9.10. The average Bonchev–Trinajstić information content (AvgIpc) is 2.82. The molecule has 0 aliphatic rings. The first-order valence-electron chi connectivity index (χ1n) is 5.87. The van der Waals surface area contributed by atoms with Gasteiger partial charge in [-0.1, -0.05) is 40.2 Å². The van der Waals surface area contributed by atoms with Gasteiger partial charge in [-0.15, -0.1) is 0 Å². The van der Waals surface area contributed by atoms with Gasteiger partial charge in [-0.05, 0) is 24.3 Å². The van der Waals surface area contributed by atoms with Crippen molar-refractivity contribution in [2.75, 3.05) is 5.32 Å². The fraction of sp³-hybridized carbons (Fsp3) is 0. The Balaban J connectivity index is 1.92. The minimum Gasteiger partial charge on any atom is -0.360 e. The molecule has 0 unspecified atom stereocenters. The Bertz CT molecular complexity index is 748. The molecule has 0 atom stereocenters. The zero-order valence-electron chi connectivity index (χ0n) is 9.98. The molecule has 3 nitrogen and oxygen atoms in total. The highest BCUT2D eigenvalue weighted by Gasteiger charge is 2.11. The minimum atomic E-state index is -0.115. The summed E-state index contributed by atoms with van der Waals surface area (Å²) in [5, 5.41) is 3.81. The number of anilines is 1. The maximum atomic E-state index is 12.3. The summed E-state index contributed by atoms with van der Waals surface area (Å²) in [5.74, 6) is -0.115. The molecule has 0 radical (unpaired) electrons. The van der Waals surface area contributed by atoms with E-state index in [2.05, 4.69) is 26.2 Å². The van der Waals surface area contributed by atoms with Crippen LogP contribution in [0.1, 0.15) is 10.4 Å². The third-order valence-corrected chi connectivity index (χ3v) is 3.41. The Morgan fingerprint density at radius 2 is 1.95 bits per heavy atom. The summed E-state index contributed by atoms with van der Waals surface area (Å²) in [6.07, 6.45) is 1.73. The molecule has 3 rings (SSSR count). The first-order chi connectivity index (χ1) is 9.24. The molecule has 1 heterocycles. The number of fused-ring (bicyclic) bond motifs is 1. The highest BCUT2D eigenvalue weighted by atomic mass is 79.9. The standard InChI is InChI=1S/C15H11BrN2O/c16-10-4-3-5-11(8-10)18-15(19)13-9-17-14-7-2-1-6-12(13)14/h1-9,17H,(H,18,19). The van der Waals surface area contributed by atoms with Crippen LogP contribution >= 0.6 is 15.9 Å². The van der Waals surface area contributed by atoms with Gasteiger partial charge in [-0.2, -0.15) is 0 Å². The van der Waals surface area contributed by atoms with E-state index in [1.165, 1.54) is 0 Å². The molecule has 1 aromatic heterocycles. The van der Waals surface area contributed by atoms with Crippen LogP contribution in [-0.2, 0) is 0 Å². The zero-order valence-corrected chi connectivity index (χ0v) is 11.6. The van der Waals surface area contributed by atoms with Gasteiger partial charge >= 0.3 is 0 Å². The van der Waals surface area contributed by atoms with E-state index in [9.17, 15) is 4.79 Å². The van der Waals surface area contributed by atoms with Gasteiger partial charge < -0.3 is 10.3 Å². The van der Waals surface area contributed by atoms with E-state index < -0.39 is 0 Å². The smallest absolute Gasteiger partial charge is 0.257 e. The van der Waals surface area contributed by atoms with E-state index in [0.29, 0.717) is 5.56 Å². The summed E-state index contributed by atoms with van der Waals surface area (Å²) in [6.45, 7) is 0. The summed E-state index contributed by atoms with van der Waals surface area (Å²) in [7, 11) is 0. The molecule has 94 valence electrons. The summed E-state index contributed by atoms with van der Waals surface area (Å²) in [4.78, 5) is 15.4. The number of rotatable bonds is 2. The fourth-order valence-corrected chi connectivity index (χ4v) is 2.42. The van der Waals surface area contributed by atoms with Gasteiger partial charge in [0.25, 0.3) is 5.91 Å². The molecule has 4 heteroatoms. The molecule has 0 aliphatic heterocycles. The molecule has 0 fully saturated rings. The Hall–Kier alpha value is -2.07. The number of halogens is 1. The molecule has 19 heavy (non-hydrogen) atoms. The summed E-state index contributed by atoms with van der Waals surface area (Å²) in [6, 6.07) is 15.3. The van der Waals surface area contributed by atoms with Crippen molar-refractivity contribution in [3.8, 4) is 0 Å². The molecule has 2 aromatic carbocycles. The van der Waals surface area contributed by atoms with Crippen molar-refractivity contribution in [2.24, 2.45) is 0 Å². The molecule has 0 saturated heterocycles. The average molecular weight is 315 g/mol. The molecule has 0 spiro atoms. The highest BCUT2D eigenvalue weighted by Crippen LogP contribution is 2.20. The van der Waals surface area contributed by atoms with Gasteiger partial charge in [0, 0.05) is 27.3 Å². The maximum Gasteiger partial charge on any atom is 0.257 e. The number of benzene rings is 2. The maximum absolute atomic E-state index is 12.3. The number of hydrogen-bond acceptors (Lipinski definition) is 1. The Morgan fingerprint density at radius 3 is 2.79 bits per heavy atom. The van der Waals surface area contributed by atoms with Crippen molar-refractivity contribution < 1.29 is 4.79 Å². The van der Waals surface area contributed by atoms with Crippen LogP contribution in [0.25, 0.3) is 10.9 Å². The van der Waals surface area contributed by atoms with Gasteiger partial charge in [-0.25, -0.2) is 0 Å². The van der Waals surface area contributed by atoms with Crippen LogP contribution in [0.3, 0.4) is 0 Å². The van der Waals surface area contributed by atoms with Crippen LogP contribution in [0.15, 0.2) is 59.2 Å². The van der Waals surface area contributed by atoms with Crippen molar-refractivity contribution in [2.45, 2.75) is 0 Å². The summed E-state index contributed by atoms with van der Waals surface area (Å²) < 4.78 is 0.934. The first kappa shape index (κ1) is 12.0. The molecule has 0 saturated carbocycles. The van der Waals surface area contributed by atoms with Gasteiger partial charge in [-0.3, -0.25) is 4.79 Å². The lowest BCUT2D eigenvalue weighted by molar-refractivity contribution is 0.102. The number of nitrogens with one attached hydrogen (secondary N) is 2. The number of H-pyrrole nitrogens is 1. The third kappa shape index (κ3) is 2.39. The van der Waals surface area contributed by atoms with Crippen LogP contribution in [0.2, 0.25) is 0 Å². The molecule has 0 bridgehead atoms. The third-order valence-electron chi connectivity index (χ3n) is 2.92. The second kappa shape index (κ2) is 4.90. The number of amides is 1. The van der Waals surface area contributed by atoms with Crippen molar-refractivity contribution in [3.63, 3.8) is 0 Å². The van der Waals surface area contributed by atoms with E-state index >= 15 is 0 Å². The number of para-hydroxylation sites is 1. The van der Waals surface area contributed by atoms with E-state index in [1.807, 2.05) is 48.5 Å². The van der Waals surface area contributed by atoms with Crippen molar-refractivity contribution >= 4 is 38.4 Å². The summed E-state index contributed by atoms with van der Waals surface area (Å²) in [5.41, 5.74) is 2.38. The molecule has 3 aromatic rings. The first-order valence-corrected chi connectivity index (χ1v) is 6.66. The van der Waals surface area contributed by atoms with E-state index in [4.69, 9.17) is 0 Å².